The van der Waals surface area contributed by atoms with E-state index in [0.29, 0.717) is 17.4 Å². The van der Waals surface area contributed by atoms with Gasteiger partial charge in [0.1, 0.15) is 5.75 Å². The van der Waals surface area contributed by atoms with E-state index in [1.165, 1.54) is 0 Å². The lowest BCUT2D eigenvalue weighted by atomic mass is 10.2. The molecule has 0 aromatic heterocycles. The summed E-state index contributed by atoms with van der Waals surface area (Å²) >= 11 is 5.93. The smallest absolute Gasteiger partial charge is 0.340 e. The Morgan fingerprint density at radius 2 is 2.38 bits per heavy atom. The maximum absolute atomic E-state index is 11.7. The fourth-order valence-electron chi connectivity index (χ4n) is 1.63. The Kier molecular flexibility index (Phi) is 3.46. The van der Waals surface area contributed by atoms with Crippen LogP contribution >= 0.6 is 11.6 Å². The van der Waals surface area contributed by atoms with Gasteiger partial charge in [0.2, 0.25) is 0 Å². The van der Waals surface area contributed by atoms with Crippen molar-refractivity contribution < 1.29 is 14.3 Å². The third kappa shape index (κ3) is 2.54. The first-order valence-corrected chi connectivity index (χ1v) is 5.64. The summed E-state index contributed by atoms with van der Waals surface area (Å²) in [5.74, 6) is 0.0483. The second-order valence-corrected chi connectivity index (χ2v) is 4.26. The van der Waals surface area contributed by atoms with Crippen LogP contribution in [0.25, 0.3) is 0 Å². The molecule has 0 aliphatic carbocycles. The van der Waals surface area contributed by atoms with Crippen LogP contribution < -0.4 is 4.74 Å². The summed E-state index contributed by atoms with van der Waals surface area (Å²) in [6, 6.07) is 5.33. The molecule has 3 nitrogen and oxygen atoms in total. The first-order valence-electron chi connectivity index (χ1n) is 5.26. The van der Waals surface area contributed by atoms with Gasteiger partial charge in [-0.15, -0.1) is 0 Å². The topological polar surface area (TPSA) is 35.5 Å². The van der Waals surface area contributed by atoms with E-state index in [1.807, 2.05) is 13.0 Å². The van der Waals surface area contributed by atoms with Gasteiger partial charge in [0.15, 0.2) is 6.10 Å². The van der Waals surface area contributed by atoms with Gasteiger partial charge in [-0.2, -0.15) is 0 Å². The second-order valence-electron chi connectivity index (χ2n) is 3.86. The number of halogens is 1. The number of esters is 1. The summed E-state index contributed by atoms with van der Waals surface area (Å²) in [6.07, 6.45) is 1.19. The molecule has 1 unspecified atom stereocenters. The normalized spacial score (nSPS) is 19.8. The van der Waals surface area contributed by atoms with Crippen molar-refractivity contribution in [3.63, 3.8) is 0 Å². The summed E-state index contributed by atoms with van der Waals surface area (Å²) in [5, 5.41) is 0.442. The number of carbonyl (C=O) groups is 1. The summed E-state index contributed by atoms with van der Waals surface area (Å²) in [7, 11) is 0. The molecule has 1 aliphatic heterocycles. The van der Waals surface area contributed by atoms with E-state index in [9.17, 15) is 4.79 Å². The minimum atomic E-state index is -0.434. The number of rotatable bonds is 2. The van der Waals surface area contributed by atoms with Crippen molar-refractivity contribution in [1.29, 1.82) is 0 Å². The van der Waals surface area contributed by atoms with Crippen LogP contribution in [0, 0.1) is 6.92 Å². The van der Waals surface area contributed by atoms with Gasteiger partial charge < -0.3 is 9.47 Å². The molecule has 0 bridgehead atoms. The number of aryl methyl sites for hydroxylation is 1. The van der Waals surface area contributed by atoms with Crippen LogP contribution in [0.2, 0.25) is 5.02 Å². The lowest BCUT2D eigenvalue weighted by Crippen LogP contribution is -2.24. The molecule has 16 heavy (non-hydrogen) atoms. The summed E-state index contributed by atoms with van der Waals surface area (Å²) in [6.45, 7) is 2.54. The largest absolute Gasteiger partial charge is 0.423 e. The molecule has 1 aliphatic rings. The van der Waals surface area contributed by atoms with Crippen LogP contribution in [0.5, 0.6) is 5.75 Å². The van der Waals surface area contributed by atoms with Gasteiger partial charge in [-0.05, 0) is 37.5 Å². The van der Waals surface area contributed by atoms with Gasteiger partial charge in [-0.3, -0.25) is 0 Å². The molecule has 1 aromatic rings. The monoisotopic (exact) mass is 240 g/mol. The quantitative estimate of drug-likeness (QED) is 0.589. The van der Waals surface area contributed by atoms with Crippen LogP contribution in [-0.4, -0.2) is 18.7 Å². The SMILES string of the molecule is Cc1ccc(Cl)c(OC(=O)C2CCCO2)c1. The van der Waals surface area contributed by atoms with Crippen molar-refractivity contribution in [3.05, 3.63) is 28.8 Å². The number of benzene rings is 1. The van der Waals surface area contributed by atoms with E-state index in [4.69, 9.17) is 21.1 Å². The van der Waals surface area contributed by atoms with E-state index < -0.39 is 6.10 Å². The Hall–Kier alpha value is -1.06. The first-order chi connectivity index (χ1) is 7.66. The maximum atomic E-state index is 11.7. The zero-order valence-electron chi connectivity index (χ0n) is 9.03. The van der Waals surface area contributed by atoms with E-state index in [-0.39, 0.29) is 5.97 Å². The predicted octanol–water partition coefficient (Wildman–Crippen LogP) is 2.73. The number of carbonyl (C=O) groups excluding carboxylic acids is 1. The molecular formula is C12H13ClO3. The Morgan fingerprint density at radius 3 is 3.06 bits per heavy atom. The standard InChI is InChI=1S/C12H13ClO3/c1-8-4-5-9(13)11(7-8)16-12(14)10-3-2-6-15-10/h4-5,7,10H,2-3,6H2,1H3. The van der Waals surface area contributed by atoms with Crippen molar-refractivity contribution in [2.75, 3.05) is 6.61 Å². The van der Waals surface area contributed by atoms with E-state index in [2.05, 4.69) is 0 Å². The van der Waals surface area contributed by atoms with E-state index in [1.54, 1.807) is 12.1 Å². The molecule has 1 saturated heterocycles. The number of hydrogen-bond acceptors (Lipinski definition) is 3. The zero-order chi connectivity index (χ0) is 11.5. The number of ether oxygens (including phenoxy) is 2. The molecule has 1 atom stereocenters. The lowest BCUT2D eigenvalue weighted by Gasteiger charge is -2.10. The lowest BCUT2D eigenvalue weighted by molar-refractivity contribution is -0.144. The van der Waals surface area contributed by atoms with Crippen LogP contribution in [0.15, 0.2) is 18.2 Å². The van der Waals surface area contributed by atoms with Crippen LogP contribution in [0.3, 0.4) is 0 Å². The molecule has 4 heteroatoms. The van der Waals surface area contributed by atoms with Crippen LogP contribution in [0.4, 0.5) is 0 Å². The third-order valence-corrected chi connectivity index (χ3v) is 2.80. The molecule has 0 amide bonds. The molecule has 0 spiro atoms. The van der Waals surface area contributed by atoms with E-state index in [0.717, 1.165) is 18.4 Å². The van der Waals surface area contributed by atoms with Gasteiger partial charge >= 0.3 is 5.97 Å². The summed E-state index contributed by atoms with van der Waals surface area (Å²) in [4.78, 5) is 11.7. The van der Waals surface area contributed by atoms with Crippen molar-refractivity contribution in [2.24, 2.45) is 0 Å². The van der Waals surface area contributed by atoms with Crippen molar-refractivity contribution >= 4 is 17.6 Å². The Labute approximate surface area is 99.3 Å². The average Bonchev–Trinajstić information content (AvgIpc) is 2.76. The number of hydrogen-bond donors (Lipinski definition) is 0. The van der Waals surface area contributed by atoms with Gasteiger partial charge in [0.25, 0.3) is 0 Å². The predicted molar refractivity (Wildman–Crippen MR) is 60.8 cm³/mol. The van der Waals surface area contributed by atoms with Gasteiger partial charge in [-0.25, -0.2) is 4.79 Å². The van der Waals surface area contributed by atoms with Crippen molar-refractivity contribution in [2.45, 2.75) is 25.9 Å². The molecule has 0 saturated carbocycles. The molecule has 0 radical (unpaired) electrons. The molecule has 1 heterocycles. The maximum Gasteiger partial charge on any atom is 0.340 e. The van der Waals surface area contributed by atoms with Crippen LogP contribution in [-0.2, 0) is 9.53 Å². The Bertz CT molecular complexity index is 397. The average molecular weight is 241 g/mol. The highest BCUT2D eigenvalue weighted by molar-refractivity contribution is 6.32. The molecule has 1 fully saturated rings. The Morgan fingerprint density at radius 1 is 1.56 bits per heavy atom. The Balaban J connectivity index is 2.07. The molecule has 1 aromatic carbocycles. The summed E-state index contributed by atoms with van der Waals surface area (Å²) in [5.41, 5.74) is 1.000. The molecule has 2 rings (SSSR count). The zero-order valence-corrected chi connectivity index (χ0v) is 9.79. The highest BCUT2D eigenvalue weighted by atomic mass is 35.5. The fraction of sp³-hybridized carbons (Fsp3) is 0.417. The third-order valence-electron chi connectivity index (χ3n) is 2.49. The second kappa shape index (κ2) is 4.85. The van der Waals surface area contributed by atoms with Gasteiger partial charge in [0.05, 0.1) is 5.02 Å². The molecule has 86 valence electrons. The summed E-state index contributed by atoms with van der Waals surface area (Å²) < 4.78 is 10.5. The highest BCUT2D eigenvalue weighted by Crippen LogP contribution is 2.26. The fourth-order valence-corrected chi connectivity index (χ4v) is 1.78. The minimum absolute atomic E-state index is 0.356. The first kappa shape index (κ1) is 11.4. The van der Waals surface area contributed by atoms with Gasteiger partial charge in [-0.1, -0.05) is 17.7 Å². The molecular weight excluding hydrogens is 228 g/mol. The van der Waals surface area contributed by atoms with Crippen molar-refractivity contribution in [3.8, 4) is 5.75 Å². The van der Waals surface area contributed by atoms with Crippen LogP contribution in [0.1, 0.15) is 18.4 Å². The highest BCUT2D eigenvalue weighted by Gasteiger charge is 2.26. The van der Waals surface area contributed by atoms with Gasteiger partial charge in [0, 0.05) is 6.61 Å². The minimum Gasteiger partial charge on any atom is -0.423 e. The van der Waals surface area contributed by atoms with E-state index >= 15 is 0 Å². The molecule has 0 N–H and O–H groups in total. The van der Waals surface area contributed by atoms with Crippen molar-refractivity contribution in [1.82, 2.24) is 0 Å².